The van der Waals surface area contributed by atoms with Crippen LogP contribution in [0.4, 0.5) is 13.2 Å². The zero-order valence-electron chi connectivity index (χ0n) is 20.7. The first-order valence-electron chi connectivity index (χ1n) is 11.6. The molecule has 0 spiro atoms. The van der Waals surface area contributed by atoms with Gasteiger partial charge in [0, 0.05) is 52.0 Å². The van der Waals surface area contributed by atoms with Gasteiger partial charge in [0.25, 0.3) is 10.0 Å². The minimum atomic E-state index is -4.82. The molecule has 0 bridgehead atoms. The largest absolute Gasteiger partial charge is 0.466 e. The number of ether oxygens (including phenoxy) is 1. The van der Waals surface area contributed by atoms with Crippen molar-refractivity contribution in [2.45, 2.75) is 51.2 Å². The van der Waals surface area contributed by atoms with Crippen LogP contribution in [0.15, 0.2) is 52.1 Å². The van der Waals surface area contributed by atoms with Gasteiger partial charge in [0.1, 0.15) is 0 Å². The fourth-order valence-electron chi connectivity index (χ4n) is 4.23. The summed E-state index contributed by atoms with van der Waals surface area (Å²) in [5.74, 6) is -0.452. The van der Waals surface area contributed by atoms with Crippen molar-refractivity contribution in [3.05, 3.63) is 64.1 Å². The van der Waals surface area contributed by atoms with Gasteiger partial charge in [-0.05, 0) is 61.3 Å². The predicted molar refractivity (Wildman–Crippen MR) is 138 cm³/mol. The summed E-state index contributed by atoms with van der Waals surface area (Å²) in [4.78, 5) is 15.9. The smallest absolute Gasteiger partial charge is 0.435 e. The Kier molecular flexibility index (Phi) is 7.71. The van der Waals surface area contributed by atoms with E-state index in [1.54, 1.807) is 19.1 Å². The van der Waals surface area contributed by atoms with Crippen LogP contribution in [0.25, 0.3) is 22.2 Å². The number of esters is 1. The van der Waals surface area contributed by atoms with E-state index in [0.717, 1.165) is 14.2 Å². The van der Waals surface area contributed by atoms with E-state index < -0.39 is 27.9 Å². The molecule has 0 saturated heterocycles. The Bertz CT molecular complexity index is 1610. The van der Waals surface area contributed by atoms with Crippen LogP contribution in [-0.4, -0.2) is 39.7 Å². The Labute approximate surface area is 225 Å². The van der Waals surface area contributed by atoms with Gasteiger partial charge in [-0.15, -0.1) is 0 Å². The van der Waals surface area contributed by atoms with Crippen molar-refractivity contribution in [2.75, 3.05) is 6.61 Å². The molecule has 0 aliphatic heterocycles. The molecule has 0 amide bonds. The number of alkyl halides is 3. The summed E-state index contributed by atoms with van der Waals surface area (Å²) >= 11 is 3.29. The lowest BCUT2D eigenvalue weighted by Gasteiger charge is -2.10. The highest BCUT2D eigenvalue weighted by Gasteiger charge is 2.39. The summed E-state index contributed by atoms with van der Waals surface area (Å²) in [6, 6.07) is 7.69. The zero-order valence-corrected chi connectivity index (χ0v) is 23.1. The molecule has 0 radical (unpaired) electrons. The summed E-state index contributed by atoms with van der Waals surface area (Å²) in [6.07, 6.45) is -1.98. The first kappa shape index (κ1) is 27.8. The maximum atomic E-state index is 14.2. The van der Waals surface area contributed by atoms with E-state index in [-0.39, 0.29) is 58.7 Å². The zero-order chi connectivity index (χ0) is 27.8. The Hall–Kier alpha value is -3.19. The maximum absolute atomic E-state index is 14.2. The van der Waals surface area contributed by atoms with Crippen LogP contribution in [0.3, 0.4) is 0 Å². The normalized spacial score (nSPS) is 12.3. The van der Waals surface area contributed by atoms with Crippen molar-refractivity contribution in [3.8, 4) is 11.1 Å². The molecule has 3 heterocycles. The quantitative estimate of drug-likeness (QED) is 0.231. The number of carbonyl (C=O) groups is 1. The topological polar surface area (TPSA) is 96.1 Å². The van der Waals surface area contributed by atoms with Crippen LogP contribution in [0, 0.1) is 13.8 Å². The van der Waals surface area contributed by atoms with Gasteiger partial charge in [-0.1, -0.05) is 17.7 Å². The van der Waals surface area contributed by atoms with E-state index in [1.807, 2.05) is 6.92 Å². The number of fused-ring (bicyclic) bond motifs is 1. The van der Waals surface area contributed by atoms with Crippen molar-refractivity contribution in [2.24, 2.45) is 0 Å². The van der Waals surface area contributed by atoms with Gasteiger partial charge in [-0.3, -0.25) is 9.48 Å². The van der Waals surface area contributed by atoms with Gasteiger partial charge in [0.15, 0.2) is 11.3 Å². The first-order valence-corrected chi connectivity index (χ1v) is 13.9. The van der Waals surface area contributed by atoms with E-state index in [2.05, 4.69) is 26.0 Å². The predicted octanol–water partition coefficient (Wildman–Crippen LogP) is 5.88. The molecular formula is C25H24BrF3N4O4S. The molecule has 0 fully saturated rings. The summed E-state index contributed by atoms with van der Waals surface area (Å²) < 4.78 is 77.2. The number of carbonyl (C=O) groups excluding carboxylic acids is 1. The molecule has 4 aromatic rings. The Morgan fingerprint density at radius 1 is 1.16 bits per heavy atom. The molecule has 38 heavy (non-hydrogen) atoms. The monoisotopic (exact) mass is 612 g/mol. The number of hydrogen-bond donors (Lipinski definition) is 0. The van der Waals surface area contributed by atoms with Gasteiger partial charge < -0.3 is 4.74 Å². The highest BCUT2D eigenvalue weighted by atomic mass is 79.9. The molecule has 13 heteroatoms. The average Bonchev–Trinajstić information content (AvgIpc) is 3.37. The van der Waals surface area contributed by atoms with Crippen molar-refractivity contribution in [3.63, 3.8) is 0 Å². The van der Waals surface area contributed by atoms with Crippen molar-refractivity contribution in [1.82, 2.24) is 18.7 Å². The molecule has 0 atom stereocenters. The summed E-state index contributed by atoms with van der Waals surface area (Å²) in [5.41, 5.74) is -0.496. The van der Waals surface area contributed by atoms with Gasteiger partial charge >= 0.3 is 12.1 Å². The van der Waals surface area contributed by atoms with Gasteiger partial charge in [-0.25, -0.2) is 17.4 Å². The molecule has 202 valence electrons. The van der Waals surface area contributed by atoms with E-state index in [4.69, 9.17) is 4.74 Å². The second kappa shape index (κ2) is 10.5. The molecule has 0 N–H and O–H groups in total. The maximum Gasteiger partial charge on any atom is 0.435 e. The fraction of sp³-hybridized carbons (Fsp3) is 0.320. The molecular weight excluding hydrogens is 589 g/mol. The number of halogens is 4. The highest BCUT2D eigenvalue weighted by Crippen LogP contribution is 2.42. The second-order valence-corrected chi connectivity index (χ2v) is 11.3. The van der Waals surface area contributed by atoms with Crippen LogP contribution in [-0.2, 0) is 32.3 Å². The molecule has 0 aliphatic carbocycles. The average molecular weight is 613 g/mol. The van der Waals surface area contributed by atoms with Crippen molar-refractivity contribution < 1.29 is 31.1 Å². The van der Waals surface area contributed by atoms with Gasteiger partial charge in [0.05, 0.1) is 11.5 Å². The highest BCUT2D eigenvalue weighted by molar-refractivity contribution is 9.10. The fourth-order valence-corrected chi connectivity index (χ4v) is 6.08. The number of benzene rings is 1. The summed E-state index contributed by atoms with van der Waals surface area (Å²) in [6.45, 7) is 5.16. The standard InChI is InChI=1S/C25H24BrF3N4O4S/c1-4-37-21(34)6-5-11-32-14-20(23(31-32)25(27,28)29)22-16(3)33(24-19(22)12-17(26)13-30-24)38(35,36)18-9-7-15(2)8-10-18/h7-10,12-14H,4-6,11H2,1-3H3. The van der Waals surface area contributed by atoms with Gasteiger partial charge in [0.2, 0.25) is 0 Å². The summed E-state index contributed by atoms with van der Waals surface area (Å²) in [7, 11) is -4.20. The molecule has 0 unspecified atom stereocenters. The van der Waals surface area contributed by atoms with E-state index in [1.165, 1.54) is 37.5 Å². The van der Waals surface area contributed by atoms with Crippen molar-refractivity contribution >= 4 is 43.0 Å². The first-order chi connectivity index (χ1) is 17.8. The molecule has 3 aromatic heterocycles. The van der Waals surface area contributed by atoms with Gasteiger partial charge in [-0.2, -0.15) is 18.3 Å². The number of hydrogen-bond acceptors (Lipinski definition) is 6. The minimum Gasteiger partial charge on any atom is -0.466 e. The third-order valence-corrected chi connectivity index (χ3v) is 8.12. The number of rotatable bonds is 8. The second-order valence-electron chi connectivity index (χ2n) is 8.63. The minimum absolute atomic E-state index is 0.00976. The number of aromatic nitrogens is 4. The lowest BCUT2D eigenvalue weighted by Crippen LogP contribution is -2.15. The molecule has 0 aliphatic rings. The molecule has 1 aromatic carbocycles. The number of aryl methyl sites for hydroxylation is 2. The third-order valence-electron chi connectivity index (χ3n) is 5.89. The van der Waals surface area contributed by atoms with Crippen LogP contribution >= 0.6 is 15.9 Å². The third kappa shape index (κ3) is 5.35. The summed E-state index contributed by atoms with van der Waals surface area (Å²) in [5, 5.41) is 3.97. The molecule has 0 saturated carbocycles. The Morgan fingerprint density at radius 3 is 2.47 bits per heavy atom. The van der Waals surface area contributed by atoms with Crippen molar-refractivity contribution in [1.29, 1.82) is 0 Å². The SMILES string of the molecule is CCOC(=O)CCCn1cc(-c2c(C)n(S(=O)(=O)c3ccc(C)cc3)c3ncc(Br)cc23)c(C(F)(F)F)n1. The Balaban J connectivity index is 1.90. The van der Waals surface area contributed by atoms with E-state index in [0.29, 0.717) is 4.47 Å². The van der Waals surface area contributed by atoms with Crippen LogP contribution in [0.5, 0.6) is 0 Å². The van der Waals surface area contributed by atoms with Crippen LogP contribution < -0.4 is 0 Å². The van der Waals surface area contributed by atoms with Crippen LogP contribution in [0.2, 0.25) is 0 Å². The number of pyridine rings is 1. The molecule has 4 rings (SSSR count). The van der Waals surface area contributed by atoms with Crippen LogP contribution in [0.1, 0.15) is 36.7 Å². The molecule has 8 nitrogen and oxygen atoms in total. The Morgan fingerprint density at radius 2 is 1.84 bits per heavy atom. The lowest BCUT2D eigenvalue weighted by atomic mass is 10.0. The lowest BCUT2D eigenvalue weighted by molar-refractivity contribution is -0.143. The van der Waals surface area contributed by atoms with E-state index >= 15 is 0 Å². The van der Waals surface area contributed by atoms with E-state index in [9.17, 15) is 26.4 Å². The number of nitrogens with zero attached hydrogens (tertiary/aromatic N) is 4.